The second kappa shape index (κ2) is 8.68. The highest BCUT2D eigenvalue weighted by atomic mass is 32.2. The minimum atomic E-state index is -1.20. The lowest BCUT2D eigenvalue weighted by Crippen LogP contribution is -2.61. The van der Waals surface area contributed by atoms with Crippen molar-refractivity contribution in [3.05, 3.63) is 131 Å². The number of nitrogens with zero attached hydrogens (tertiary/aromatic N) is 2. The molecule has 5 nitrogen and oxygen atoms in total. The first-order chi connectivity index (χ1) is 18.2. The SMILES string of the molecule is O=C1NC2(Oc3ccccc3C3CC(c4ccccc4)=NN32)/C(=C/c2ccc(-c3ccccc3)cc2)S1. The molecule has 0 aromatic heterocycles. The molecular formula is C31H23N3O2S. The number of nitrogens with one attached hydrogen (secondary N) is 1. The van der Waals surface area contributed by atoms with E-state index in [4.69, 9.17) is 9.84 Å². The fourth-order valence-electron chi connectivity index (χ4n) is 5.22. The Morgan fingerprint density at radius 2 is 1.49 bits per heavy atom. The number of rotatable bonds is 3. The van der Waals surface area contributed by atoms with Gasteiger partial charge in [-0.2, -0.15) is 5.10 Å². The minimum Gasteiger partial charge on any atom is -0.444 e. The van der Waals surface area contributed by atoms with Crippen molar-refractivity contribution in [2.45, 2.75) is 18.3 Å². The second-order valence-electron chi connectivity index (χ2n) is 9.27. The molecule has 3 heterocycles. The third-order valence-corrected chi connectivity index (χ3v) is 7.90. The molecule has 4 aromatic rings. The molecule has 180 valence electrons. The monoisotopic (exact) mass is 501 g/mol. The van der Waals surface area contributed by atoms with Crippen LogP contribution in [0.15, 0.2) is 119 Å². The van der Waals surface area contributed by atoms with Gasteiger partial charge < -0.3 is 4.74 Å². The standard InChI is InChI=1S/C31H23N3O2S/c35-30-32-31(29(37-30)19-21-15-17-23(18-16-21)22-9-3-1-4-10-22)34-27(25-13-7-8-14-28(25)36-31)20-26(33-34)24-11-5-2-6-12-24/h1-19,27H,20H2,(H,32,35)/b29-19-. The molecule has 4 aromatic carbocycles. The predicted molar refractivity (Wildman–Crippen MR) is 148 cm³/mol. The molecule has 6 heteroatoms. The third-order valence-electron chi connectivity index (χ3n) is 7.00. The summed E-state index contributed by atoms with van der Waals surface area (Å²) in [6.07, 6.45) is 2.75. The number of para-hydroxylation sites is 1. The van der Waals surface area contributed by atoms with Crippen LogP contribution in [-0.2, 0) is 0 Å². The Balaban J connectivity index is 1.32. The van der Waals surface area contributed by atoms with E-state index in [-0.39, 0.29) is 11.3 Å². The Kier molecular flexibility index (Phi) is 5.15. The van der Waals surface area contributed by atoms with Crippen molar-refractivity contribution in [2.75, 3.05) is 0 Å². The van der Waals surface area contributed by atoms with Gasteiger partial charge in [0.05, 0.1) is 16.7 Å². The lowest BCUT2D eigenvalue weighted by Gasteiger charge is -2.45. The summed E-state index contributed by atoms with van der Waals surface area (Å²) in [5.74, 6) is -0.434. The lowest BCUT2D eigenvalue weighted by molar-refractivity contribution is -0.0949. The maximum Gasteiger partial charge on any atom is 0.314 e. The molecular weight excluding hydrogens is 478 g/mol. The molecule has 0 radical (unpaired) electrons. The van der Waals surface area contributed by atoms with Crippen LogP contribution in [0.5, 0.6) is 5.75 Å². The maximum absolute atomic E-state index is 12.9. The Bertz CT molecular complexity index is 1550. The summed E-state index contributed by atoms with van der Waals surface area (Å²) in [7, 11) is 0. The van der Waals surface area contributed by atoms with E-state index in [9.17, 15) is 4.79 Å². The predicted octanol–water partition coefficient (Wildman–Crippen LogP) is 7.05. The highest BCUT2D eigenvalue weighted by Crippen LogP contribution is 2.52. The van der Waals surface area contributed by atoms with Crippen molar-refractivity contribution >= 4 is 28.8 Å². The first-order valence-corrected chi connectivity index (χ1v) is 13.1. The van der Waals surface area contributed by atoms with Crippen LogP contribution in [0.2, 0.25) is 0 Å². The topological polar surface area (TPSA) is 53.9 Å². The Morgan fingerprint density at radius 1 is 0.838 bits per heavy atom. The molecule has 3 aliphatic heterocycles. The van der Waals surface area contributed by atoms with E-state index in [0.29, 0.717) is 0 Å². The quantitative estimate of drug-likeness (QED) is 0.327. The van der Waals surface area contributed by atoms with Crippen LogP contribution in [0.4, 0.5) is 4.79 Å². The van der Waals surface area contributed by atoms with E-state index in [2.05, 4.69) is 59.9 Å². The third kappa shape index (κ3) is 3.72. The number of carbonyl (C=O) groups is 1. The Hall–Kier alpha value is -4.29. The van der Waals surface area contributed by atoms with E-state index in [1.165, 1.54) is 5.56 Å². The number of hydrazone groups is 1. The van der Waals surface area contributed by atoms with Gasteiger partial charge >= 0.3 is 5.85 Å². The molecule has 7 rings (SSSR count). The number of carbonyl (C=O) groups excluding carboxylic acids is 1. The fraction of sp³-hybridized carbons (Fsp3) is 0.0968. The summed E-state index contributed by atoms with van der Waals surface area (Å²) in [6.45, 7) is 0. The molecule has 1 fully saturated rings. The highest BCUT2D eigenvalue weighted by molar-refractivity contribution is 8.17. The number of benzene rings is 4. The van der Waals surface area contributed by atoms with Crippen molar-refractivity contribution in [1.82, 2.24) is 10.3 Å². The minimum absolute atomic E-state index is 0.0528. The molecule has 0 aliphatic carbocycles. The van der Waals surface area contributed by atoms with E-state index >= 15 is 0 Å². The van der Waals surface area contributed by atoms with Crippen LogP contribution in [0, 0.1) is 0 Å². The molecule has 1 saturated heterocycles. The van der Waals surface area contributed by atoms with E-state index in [0.717, 1.165) is 56.8 Å². The molecule has 2 atom stereocenters. The lowest BCUT2D eigenvalue weighted by atomic mass is 9.95. The van der Waals surface area contributed by atoms with Crippen LogP contribution in [-0.4, -0.2) is 21.8 Å². The van der Waals surface area contributed by atoms with Gasteiger partial charge in [-0.1, -0.05) is 103 Å². The molecule has 0 bridgehead atoms. The number of hydrogen-bond acceptors (Lipinski definition) is 5. The first-order valence-electron chi connectivity index (χ1n) is 12.3. The number of amides is 1. The maximum atomic E-state index is 12.9. The number of ether oxygens (including phenoxy) is 1. The van der Waals surface area contributed by atoms with Gasteiger partial charge in [-0.25, -0.2) is 5.01 Å². The second-order valence-corrected chi connectivity index (χ2v) is 10.3. The van der Waals surface area contributed by atoms with Crippen LogP contribution >= 0.6 is 11.8 Å². The average Bonchev–Trinajstić information content (AvgIpc) is 3.53. The molecule has 2 unspecified atom stereocenters. The van der Waals surface area contributed by atoms with Gasteiger partial charge in [0, 0.05) is 12.0 Å². The zero-order valence-electron chi connectivity index (χ0n) is 19.9. The summed E-state index contributed by atoms with van der Waals surface area (Å²) in [5, 5.41) is 9.95. The van der Waals surface area contributed by atoms with Crippen molar-refractivity contribution in [2.24, 2.45) is 5.10 Å². The summed E-state index contributed by atoms with van der Waals surface area (Å²) in [4.78, 5) is 13.6. The normalized spacial score (nSPS) is 22.9. The molecule has 1 N–H and O–H groups in total. The van der Waals surface area contributed by atoms with Crippen molar-refractivity contribution in [3.63, 3.8) is 0 Å². The Labute approximate surface area is 219 Å². The van der Waals surface area contributed by atoms with Gasteiger partial charge in [0.2, 0.25) is 0 Å². The number of fused-ring (bicyclic) bond motifs is 4. The van der Waals surface area contributed by atoms with Gasteiger partial charge in [-0.05, 0) is 46.2 Å². The number of thioether (sulfide) groups is 1. The summed E-state index contributed by atoms with van der Waals surface area (Å²) in [6, 6.07) is 36.8. The average molecular weight is 502 g/mol. The highest BCUT2D eigenvalue weighted by Gasteiger charge is 2.58. The van der Waals surface area contributed by atoms with Gasteiger partial charge in [0.25, 0.3) is 5.24 Å². The van der Waals surface area contributed by atoms with Crippen molar-refractivity contribution < 1.29 is 9.53 Å². The van der Waals surface area contributed by atoms with Crippen molar-refractivity contribution in [1.29, 1.82) is 0 Å². The smallest absolute Gasteiger partial charge is 0.314 e. The van der Waals surface area contributed by atoms with Gasteiger partial charge in [0.15, 0.2) is 0 Å². The Morgan fingerprint density at radius 3 is 2.24 bits per heavy atom. The van der Waals surface area contributed by atoms with Gasteiger partial charge in [0.1, 0.15) is 5.75 Å². The molecule has 37 heavy (non-hydrogen) atoms. The zero-order valence-corrected chi connectivity index (χ0v) is 20.7. The number of hydrogen-bond donors (Lipinski definition) is 1. The molecule has 0 saturated carbocycles. The van der Waals surface area contributed by atoms with Gasteiger partial charge in [-0.3, -0.25) is 10.1 Å². The fourth-order valence-corrected chi connectivity index (χ4v) is 6.13. The molecule has 1 spiro atoms. The van der Waals surface area contributed by atoms with E-state index < -0.39 is 5.85 Å². The summed E-state index contributed by atoms with van der Waals surface area (Å²) < 4.78 is 6.62. The van der Waals surface area contributed by atoms with Crippen LogP contribution in [0.25, 0.3) is 17.2 Å². The van der Waals surface area contributed by atoms with E-state index in [1.54, 1.807) is 0 Å². The summed E-state index contributed by atoms with van der Waals surface area (Å²) in [5.41, 5.74) is 6.42. The van der Waals surface area contributed by atoms with Crippen molar-refractivity contribution in [3.8, 4) is 16.9 Å². The molecule has 1 amide bonds. The van der Waals surface area contributed by atoms with Crippen LogP contribution < -0.4 is 10.1 Å². The van der Waals surface area contributed by atoms with Crippen LogP contribution in [0.1, 0.15) is 29.2 Å². The van der Waals surface area contributed by atoms with Crippen LogP contribution in [0.3, 0.4) is 0 Å². The van der Waals surface area contributed by atoms with Gasteiger partial charge in [-0.15, -0.1) is 0 Å². The van der Waals surface area contributed by atoms with E-state index in [1.807, 2.05) is 65.7 Å². The molecule has 3 aliphatic rings. The summed E-state index contributed by atoms with van der Waals surface area (Å²) >= 11 is 1.16. The largest absolute Gasteiger partial charge is 0.444 e. The first kappa shape index (κ1) is 21.9. The zero-order chi connectivity index (χ0) is 24.8.